The fraction of sp³-hybridized carbons (Fsp3) is 0. The second kappa shape index (κ2) is 2.88. The molecule has 2 aromatic rings. The molecule has 2 nitrogen and oxygen atoms in total. The first-order valence-electron chi connectivity index (χ1n) is 3.33. The monoisotopic (exact) mass is 198 g/mol. The Bertz CT molecular complexity index is 428. The van der Waals surface area contributed by atoms with E-state index < -0.39 is 0 Å². The quantitative estimate of drug-likeness (QED) is 0.651. The molecule has 0 bridgehead atoms. The van der Waals surface area contributed by atoms with Gasteiger partial charge in [0.25, 0.3) is 0 Å². The van der Waals surface area contributed by atoms with Gasteiger partial charge < -0.3 is 0 Å². The lowest BCUT2D eigenvalue weighted by molar-refractivity contribution is 1.29. The summed E-state index contributed by atoms with van der Waals surface area (Å²) < 4.78 is 0. The highest BCUT2D eigenvalue weighted by atomic mass is 35.5. The van der Waals surface area contributed by atoms with Crippen LogP contribution in [0.5, 0.6) is 0 Å². The highest BCUT2D eigenvalue weighted by Crippen LogP contribution is 2.24. The van der Waals surface area contributed by atoms with E-state index in [-0.39, 0.29) is 0 Å². The predicted octanol–water partition coefficient (Wildman–Crippen LogP) is 2.94. The number of nitrogens with zero attached hydrogens (tertiary/aromatic N) is 2. The van der Waals surface area contributed by atoms with Crippen LogP contribution >= 0.6 is 23.2 Å². The van der Waals surface area contributed by atoms with Gasteiger partial charge >= 0.3 is 0 Å². The van der Waals surface area contributed by atoms with E-state index in [0.29, 0.717) is 15.6 Å². The van der Waals surface area contributed by atoms with E-state index in [4.69, 9.17) is 23.2 Å². The summed E-state index contributed by atoms with van der Waals surface area (Å²) in [5.74, 6) is 0. The lowest BCUT2D eigenvalue weighted by Crippen LogP contribution is -1.82. The van der Waals surface area contributed by atoms with Crippen LogP contribution < -0.4 is 0 Å². The average molecular weight is 199 g/mol. The molecule has 1 aromatic carbocycles. The largest absolute Gasteiger partial charge is 0.253 e. The number of halogens is 2. The van der Waals surface area contributed by atoms with E-state index in [1.807, 2.05) is 0 Å². The summed E-state index contributed by atoms with van der Waals surface area (Å²) in [6.45, 7) is 0. The molecule has 0 saturated carbocycles. The normalized spacial score (nSPS) is 10.5. The Labute approximate surface area is 79.2 Å². The minimum Gasteiger partial charge on any atom is -0.253 e. The van der Waals surface area contributed by atoms with E-state index in [0.717, 1.165) is 5.52 Å². The van der Waals surface area contributed by atoms with E-state index in [9.17, 15) is 0 Å². The van der Waals surface area contributed by atoms with Crippen molar-refractivity contribution in [1.29, 1.82) is 0 Å². The van der Waals surface area contributed by atoms with Crippen LogP contribution in [0.4, 0.5) is 0 Å². The van der Waals surface area contributed by atoms with Gasteiger partial charge in [-0.1, -0.05) is 23.2 Å². The van der Waals surface area contributed by atoms with E-state index in [1.165, 1.54) is 0 Å². The molecule has 0 radical (unpaired) electrons. The number of benzene rings is 1. The molecule has 2 rings (SSSR count). The molecular formula is C8H4Cl2N2. The average Bonchev–Trinajstić information content (AvgIpc) is 2.04. The van der Waals surface area contributed by atoms with Crippen LogP contribution in [0.2, 0.25) is 10.0 Å². The van der Waals surface area contributed by atoms with Crippen molar-refractivity contribution < 1.29 is 0 Å². The maximum atomic E-state index is 5.88. The molecule has 0 N–H and O–H groups in total. The van der Waals surface area contributed by atoms with Gasteiger partial charge in [0, 0.05) is 17.4 Å². The zero-order valence-electron chi connectivity index (χ0n) is 5.96. The maximum Gasteiger partial charge on any atom is 0.107 e. The molecule has 1 heterocycles. The lowest BCUT2D eigenvalue weighted by atomic mass is 10.3. The molecule has 0 amide bonds. The molecule has 12 heavy (non-hydrogen) atoms. The Morgan fingerprint density at radius 3 is 2.58 bits per heavy atom. The third kappa shape index (κ3) is 1.24. The van der Waals surface area contributed by atoms with Crippen molar-refractivity contribution in [3.8, 4) is 0 Å². The van der Waals surface area contributed by atoms with Crippen LogP contribution in [-0.2, 0) is 0 Å². The first kappa shape index (κ1) is 7.77. The Morgan fingerprint density at radius 1 is 1.00 bits per heavy atom. The second-order valence-corrected chi connectivity index (χ2v) is 3.16. The van der Waals surface area contributed by atoms with Crippen molar-refractivity contribution in [2.75, 3.05) is 0 Å². The molecule has 4 heteroatoms. The Balaban J connectivity index is 2.89. The van der Waals surface area contributed by atoms with Crippen LogP contribution in [0.25, 0.3) is 11.0 Å². The first-order valence-corrected chi connectivity index (χ1v) is 4.09. The highest BCUT2D eigenvalue weighted by Gasteiger charge is 2.01. The number of aromatic nitrogens is 2. The third-order valence-electron chi connectivity index (χ3n) is 1.49. The van der Waals surface area contributed by atoms with Gasteiger partial charge in [-0.3, -0.25) is 9.97 Å². The Hall–Kier alpha value is -0.860. The summed E-state index contributed by atoms with van der Waals surface area (Å²) in [5.41, 5.74) is 1.40. The topological polar surface area (TPSA) is 25.8 Å². The second-order valence-electron chi connectivity index (χ2n) is 2.31. The van der Waals surface area contributed by atoms with Crippen molar-refractivity contribution in [1.82, 2.24) is 9.97 Å². The van der Waals surface area contributed by atoms with Gasteiger partial charge in [-0.05, 0) is 12.1 Å². The molecule has 0 aliphatic carbocycles. The summed E-state index contributed by atoms with van der Waals surface area (Å²) in [7, 11) is 0. The smallest absolute Gasteiger partial charge is 0.107 e. The van der Waals surface area contributed by atoms with Gasteiger partial charge in [0.1, 0.15) is 5.52 Å². The van der Waals surface area contributed by atoms with Crippen molar-refractivity contribution in [3.63, 3.8) is 0 Å². The van der Waals surface area contributed by atoms with Gasteiger partial charge in [-0.25, -0.2) is 0 Å². The minimum atomic E-state index is 0.533. The summed E-state index contributed by atoms with van der Waals surface area (Å²) in [4.78, 5) is 8.14. The fourth-order valence-corrected chi connectivity index (χ4v) is 1.53. The summed E-state index contributed by atoms with van der Waals surface area (Å²) in [5, 5.41) is 1.11. The summed E-state index contributed by atoms with van der Waals surface area (Å²) >= 11 is 11.6. The van der Waals surface area contributed by atoms with E-state index in [1.54, 1.807) is 24.5 Å². The standard InChI is InChI=1S/C8H4Cl2N2/c9-5-3-6(10)8-7(4-5)11-1-2-12-8/h1-4H. The van der Waals surface area contributed by atoms with E-state index in [2.05, 4.69) is 9.97 Å². The molecule has 0 aliphatic rings. The summed E-state index contributed by atoms with van der Waals surface area (Å²) in [6.07, 6.45) is 3.21. The SMILES string of the molecule is Clc1cc(Cl)c2nccnc2c1. The van der Waals surface area contributed by atoms with Crippen molar-refractivity contribution in [2.45, 2.75) is 0 Å². The first-order chi connectivity index (χ1) is 5.77. The summed E-state index contributed by atoms with van der Waals surface area (Å²) in [6, 6.07) is 3.38. The number of fused-ring (bicyclic) bond motifs is 1. The van der Waals surface area contributed by atoms with Gasteiger partial charge in [0.15, 0.2) is 0 Å². The van der Waals surface area contributed by atoms with Crippen LogP contribution in [0.1, 0.15) is 0 Å². The minimum absolute atomic E-state index is 0.533. The molecule has 1 aromatic heterocycles. The van der Waals surface area contributed by atoms with Crippen LogP contribution in [0, 0.1) is 0 Å². The number of rotatable bonds is 0. The van der Waals surface area contributed by atoms with Crippen LogP contribution in [0.3, 0.4) is 0 Å². The van der Waals surface area contributed by atoms with Crippen LogP contribution in [-0.4, -0.2) is 9.97 Å². The van der Waals surface area contributed by atoms with Crippen molar-refractivity contribution in [2.24, 2.45) is 0 Å². The van der Waals surface area contributed by atoms with E-state index >= 15 is 0 Å². The molecule has 0 aliphatic heterocycles. The Morgan fingerprint density at radius 2 is 1.75 bits per heavy atom. The van der Waals surface area contributed by atoms with Crippen molar-refractivity contribution in [3.05, 3.63) is 34.6 Å². The highest BCUT2D eigenvalue weighted by molar-refractivity contribution is 6.38. The van der Waals surface area contributed by atoms with Gasteiger partial charge in [-0.2, -0.15) is 0 Å². The molecule has 0 atom stereocenters. The molecule has 60 valence electrons. The van der Waals surface area contributed by atoms with Gasteiger partial charge in [0.05, 0.1) is 10.5 Å². The molecule has 0 saturated heterocycles. The maximum absolute atomic E-state index is 5.88. The molecule has 0 unspecified atom stereocenters. The zero-order valence-corrected chi connectivity index (χ0v) is 7.47. The van der Waals surface area contributed by atoms with Crippen LogP contribution in [0.15, 0.2) is 24.5 Å². The van der Waals surface area contributed by atoms with Gasteiger partial charge in [-0.15, -0.1) is 0 Å². The molecular weight excluding hydrogens is 195 g/mol. The third-order valence-corrected chi connectivity index (χ3v) is 2.00. The Kier molecular flexibility index (Phi) is 1.87. The lowest BCUT2D eigenvalue weighted by Gasteiger charge is -1.97. The molecule has 0 fully saturated rings. The number of hydrogen-bond donors (Lipinski definition) is 0. The predicted molar refractivity (Wildman–Crippen MR) is 49.6 cm³/mol. The number of hydrogen-bond acceptors (Lipinski definition) is 2. The van der Waals surface area contributed by atoms with Crippen molar-refractivity contribution >= 4 is 34.2 Å². The molecule has 0 spiro atoms. The fourth-order valence-electron chi connectivity index (χ4n) is 1.00. The zero-order chi connectivity index (χ0) is 8.55. The van der Waals surface area contributed by atoms with Gasteiger partial charge in [0.2, 0.25) is 0 Å².